The summed E-state index contributed by atoms with van der Waals surface area (Å²) in [6.07, 6.45) is 3.09. The largest absolute Gasteiger partial charge is 0.356 e. The van der Waals surface area contributed by atoms with Crippen LogP contribution in [0, 0.1) is 12.8 Å². The number of halogens is 1. The van der Waals surface area contributed by atoms with Crippen LogP contribution in [-0.4, -0.2) is 18.1 Å². The summed E-state index contributed by atoms with van der Waals surface area (Å²) in [5.74, 6) is 1.77. The summed E-state index contributed by atoms with van der Waals surface area (Å²) in [5.41, 5.74) is 1.24. The van der Waals surface area contributed by atoms with Crippen LogP contribution in [-0.2, 0) is 0 Å². The Labute approximate surface area is 107 Å². The minimum atomic E-state index is 0.703. The van der Waals surface area contributed by atoms with E-state index in [9.17, 15) is 0 Å². The van der Waals surface area contributed by atoms with E-state index in [1.165, 1.54) is 12.0 Å². The number of anilines is 1. The first-order chi connectivity index (χ1) is 7.60. The van der Waals surface area contributed by atoms with Crippen LogP contribution in [0.3, 0.4) is 0 Å². The van der Waals surface area contributed by atoms with Gasteiger partial charge in [0.15, 0.2) is 0 Å². The predicted octanol–water partition coefficient (Wildman–Crippen LogP) is 4.02. The normalized spacial score (nSPS) is 12.6. The molecule has 1 rings (SSSR count). The van der Waals surface area contributed by atoms with E-state index >= 15 is 0 Å². The fourth-order valence-corrected chi connectivity index (χ4v) is 2.10. The molecule has 0 N–H and O–H groups in total. The second kappa shape index (κ2) is 6.24. The van der Waals surface area contributed by atoms with Gasteiger partial charge in [-0.05, 0) is 47.3 Å². The third kappa shape index (κ3) is 3.21. The maximum atomic E-state index is 4.48. The molecule has 0 radical (unpaired) electrons. The topological polar surface area (TPSA) is 16.1 Å². The van der Waals surface area contributed by atoms with E-state index in [0.717, 1.165) is 23.4 Å². The molecule has 0 aliphatic carbocycles. The predicted molar refractivity (Wildman–Crippen MR) is 74.0 cm³/mol. The van der Waals surface area contributed by atoms with Gasteiger partial charge in [-0.15, -0.1) is 0 Å². The summed E-state index contributed by atoms with van der Waals surface area (Å²) in [6, 6.07) is 2.03. The second-order valence-corrected chi connectivity index (χ2v) is 5.11. The van der Waals surface area contributed by atoms with E-state index in [2.05, 4.69) is 53.5 Å². The minimum Gasteiger partial charge on any atom is -0.356 e. The van der Waals surface area contributed by atoms with Gasteiger partial charge in [0.25, 0.3) is 0 Å². The highest BCUT2D eigenvalue weighted by Gasteiger charge is 2.13. The summed E-state index contributed by atoms with van der Waals surface area (Å²) >= 11 is 3.63. The van der Waals surface area contributed by atoms with Crippen molar-refractivity contribution in [3.8, 4) is 0 Å². The van der Waals surface area contributed by atoms with Crippen LogP contribution in [0.1, 0.15) is 32.8 Å². The van der Waals surface area contributed by atoms with Crippen LogP contribution >= 0.6 is 15.9 Å². The highest BCUT2D eigenvalue weighted by atomic mass is 79.9. The average molecular weight is 285 g/mol. The molecular weight excluding hydrogens is 264 g/mol. The lowest BCUT2D eigenvalue weighted by atomic mass is 10.1. The lowest BCUT2D eigenvalue weighted by Crippen LogP contribution is -2.29. The molecule has 0 amide bonds. The van der Waals surface area contributed by atoms with Crippen LogP contribution in [0.15, 0.2) is 16.7 Å². The zero-order chi connectivity index (χ0) is 12.1. The Morgan fingerprint density at radius 1 is 1.44 bits per heavy atom. The molecule has 1 unspecified atom stereocenters. The van der Waals surface area contributed by atoms with E-state index < -0.39 is 0 Å². The van der Waals surface area contributed by atoms with E-state index in [-0.39, 0.29) is 0 Å². The van der Waals surface area contributed by atoms with Gasteiger partial charge in [-0.3, -0.25) is 0 Å². The van der Waals surface area contributed by atoms with E-state index in [4.69, 9.17) is 0 Å². The van der Waals surface area contributed by atoms with Crippen molar-refractivity contribution in [1.29, 1.82) is 0 Å². The first-order valence-electron chi connectivity index (χ1n) is 5.96. The van der Waals surface area contributed by atoms with Gasteiger partial charge in [-0.25, -0.2) is 4.98 Å². The maximum Gasteiger partial charge on any atom is 0.143 e. The third-order valence-electron chi connectivity index (χ3n) is 2.97. The molecule has 0 saturated carbocycles. The molecule has 16 heavy (non-hydrogen) atoms. The zero-order valence-electron chi connectivity index (χ0n) is 10.6. The third-order valence-corrected chi connectivity index (χ3v) is 3.95. The van der Waals surface area contributed by atoms with Crippen LogP contribution in [0.4, 0.5) is 5.82 Å². The smallest absolute Gasteiger partial charge is 0.143 e. The maximum absolute atomic E-state index is 4.48. The van der Waals surface area contributed by atoms with Gasteiger partial charge < -0.3 is 4.90 Å². The molecule has 0 fully saturated rings. The molecule has 90 valence electrons. The fourth-order valence-electron chi connectivity index (χ4n) is 1.62. The van der Waals surface area contributed by atoms with E-state index in [1.807, 2.05) is 12.3 Å². The number of nitrogens with zero attached hydrogens (tertiary/aromatic N) is 2. The number of rotatable bonds is 5. The van der Waals surface area contributed by atoms with Crippen LogP contribution in [0.5, 0.6) is 0 Å². The summed E-state index contributed by atoms with van der Waals surface area (Å²) in [4.78, 5) is 6.82. The molecule has 1 aromatic heterocycles. The number of hydrogen-bond acceptors (Lipinski definition) is 2. The van der Waals surface area contributed by atoms with Crippen molar-refractivity contribution in [2.45, 2.75) is 34.1 Å². The molecule has 0 aromatic carbocycles. The van der Waals surface area contributed by atoms with Gasteiger partial charge in [-0.1, -0.05) is 20.3 Å². The summed E-state index contributed by atoms with van der Waals surface area (Å²) in [7, 11) is 0. The van der Waals surface area contributed by atoms with Gasteiger partial charge in [-0.2, -0.15) is 0 Å². The Kier molecular flexibility index (Phi) is 5.26. The van der Waals surface area contributed by atoms with Crippen molar-refractivity contribution >= 4 is 21.7 Å². The second-order valence-electron chi connectivity index (χ2n) is 4.32. The van der Waals surface area contributed by atoms with Crippen molar-refractivity contribution in [2.75, 3.05) is 18.0 Å². The molecule has 0 bridgehead atoms. The van der Waals surface area contributed by atoms with Crippen molar-refractivity contribution in [1.82, 2.24) is 4.98 Å². The molecule has 2 nitrogen and oxygen atoms in total. The van der Waals surface area contributed by atoms with Crippen LogP contribution in [0.2, 0.25) is 0 Å². The molecule has 3 heteroatoms. The molecule has 0 aliphatic heterocycles. The monoisotopic (exact) mass is 284 g/mol. The van der Waals surface area contributed by atoms with Gasteiger partial charge in [0.1, 0.15) is 5.82 Å². The number of pyridine rings is 1. The summed E-state index contributed by atoms with van der Waals surface area (Å²) < 4.78 is 1.13. The fraction of sp³-hybridized carbons (Fsp3) is 0.615. The Morgan fingerprint density at radius 3 is 2.69 bits per heavy atom. The highest BCUT2D eigenvalue weighted by molar-refractivity contribution is 9.10. The quantitative estimate of drug-likeness (QED) is 0.812. The standard InChI is InChI=1S/C13H21BrN2/c1-5-10(3)9-16(6-2)13-12(14)11(4)7-8-15-13/h7-8,10H,5-6,9H2,1-4H3. The first kappa shape index (κ1) is 13.5. The number of aryl methyl sites for hydroxylation is 1. The summed E-state index contributed by atoms with van der Waals surface area (Å²) in [5, 5.41) is 0. The minimum absolute atomic E-state index is 0.703. The van der Waals surface area contributed by atoms with Crippen molar-refractivity contribution in [2.24, 2.45) is 5.92 Å². The molecule has 1 atom stereocenters. The lowest BCUT2D eigenvalue weighted by Gasteiger charge is -2.26. The Hall–Kier alpha value is -0.570. The lowest BCUT2D eigenvalue weighted by molar-refractivity contribution is 0.545. The molecule has 1 aromatic rings. The van der Waals surface area contributed by atoms with Crippen LogP contribution < -0.4 is 4.90 Å². The molecule has 0 saturated heterocycles. The summed E-state index contributed by atoms with van der Waals surface area (Å²) in [6.45, 7) is 10.9. The van der Waals surface area contributed by atoms with Gasteiger partial charge >= 0.3 is 0 Å². The Morgan fingerprint density at radius 2 is 2.12 bits per heavy atom. The highest BCUT2D eigenvalue weighted by Crippen LogP contribution is 2.27. The van der Waals surface area contributed by atoms with Crippen LogP contribution in [0.25, 0.3) is 0 Å². The average Bonchev–Trinajstić information content (AvgIpc) is 2.29. The van der Waals surface area contributed by atoms with Gasteiger partial charge in [0, 0.05) is 19.3 Å². The zero-order valence-corrected chi connectivity index (χ0v) is 12.2. The number of aromatic nitrogens is 1. The van der Waals surface area contributed by atoms with E-state index in [1.54, 1.807) is 0 Å². The Bertz CT molecular complexity index is 339. The van der Waals surface area contributed by atoms with Crippen molar-refractivity contribution < 1.29 is 0 Å². The van der Waals surface area contributed by atoms with Crippen molar-refractivity contribution in [3.63, 3.8) is 0 Å². The first-order valence-corrected chi connectivity index (χ1v) is 6.75. The van der Waals surface area contributed by atoms with Crippen molar-refractivity contribution in [3.05, 3.63) is 22.3 Å². The van der Waals surface area contributed by atoms with Gasteiger partial charge in [0.05, 0.1) is 4.47 Å². The number of hydrogen-bond donors (Lipinski definition) is 0. The van der Waals surface area contributed by atoms with E-state index in [0.29, 0.717) is 5.92 Å². The molecular formula is C13H21BrN2. The molecule has 0 spiro atoms. The van der Waals surface area contributed by atoms with Gasteiger partial charge in [0.2, 0.25) is 0 Å². The Balaban J connectivity index is 2.90. The SMILES string of the molecule is CCC(C)CN(CC)c1nccc(C)c1Br. The molecule has 1 heterocycles. The molecule has 0 aliphatic rings.